The fourth-order valence-electron chi connectivity index (χ4n) is 1.77. The molecule has 2 rings (SSSR count). The third-order valence-corrected chi connectivity index (χ3v) is 3.26. The van der Waals surface area contributed by atoms with Crippen molar-refractivity contribution in [2.45, 2.75) is 13.8 Å². The van der Waals surface area contributed by atoms with Crippen molar-refractivity contribution in [1.82, 2.24) is 0 Å². The van der Waals surface area contributed by atoms with Gasteiger partial charge in [0.05, 0.1) is 10.7 Å². The van der Waals surface area contributed by atoms with Crippen molar-refractivity contribution in [3.8, 4) is 0 Å². The van der Waals surface area contributed by atoms with Gasteiger partial charge in [0.25, 0.3) is 0 Å². The molecule has 0 saturated heterocycles. The van der Waals surface area contributed by atoms with Crippen molar-refractivity contribution in [1.29, 1.82) is 0 Å². The number of hydrogen-bond donors (Lipinski definition) is 1. The molecule has 0 aliphatic heterocycles. The second-order valence-electron chi connectivity index (χ2n) is 4.69. The van der Waals surface area contributed by atoms with Gasteiger partial charge in [-0.2, -0.15) is 0 Å². The maximum absolute atomic E-state index is 11.9. The molecule has 0 amide bonds. The van der Waals surface area contributed by atoms with Gasteiger partial charge in [-0.3, -0.25) is 4.79 Å². The molecule has 0 bridgehead atoms. The number of nitrogens with one attached hydrogen (secondary N) is 1. The number of carbonyl (C=O) groups is 1. The van der Waals surface area contributed by atoms with Crippen LogP contribution in [0, 0.1) is 13.8 Å². The van der Waals surface area contributed by atoms with Crippen LogP contribution in [-0.2, 0) is 0 Å². The van der Waals surface area contributed by atoms with Gasteiger partial charge in [0.1, 0.15) is 0 Å². The molecule has 0 aliphatic rings. The quantitative estimate of drug-likeness (QED) is 0.648. The van der Waals surface area contributed by atoms with Gasteiger partial charge in [-0.15, -0.1) is 0 Å². The molecule has 0 saturated carbocycles. The second kappa shape index (κ2) is 6.40. The highest BCUT2D eigenvalue weighted by Crippen LogP contribution is 2.22. The number of halogens is 1. The summed E-state index contributed by atoms with van der Waals surface area (Å²) >= 11 is 6.06. The molecule has 0 aliphatic carbocycles. The summed E-state index contributed by atoms with van der Waals surface area (Å²) in [5, 5.41) is 3.66. The highest BCUT2D eigenvalue weighted by Gasteiger charge is 2.01. The van der Waals surface area contributed by atoms with Crippen LogP contribution in [0.4, 0.5) is 5.69 Å². The van der Waals surface area contributed by atoms with Crippen LogP contribution in [-0.4, -0.2) is 5.78 Å². The zero-order valence-corrected chi connectivity index (χ0v) is 12.2. The molecule has 2 nitrogen and oxygen atoms in total. The Bertz CT molecular complexity index is 645. The van der Waals surface area contributed by atoms with Crippen molar-refractivity contribution in [2.24, 2.45) is 0 Å². The number of anilines is 1. The van der Waals surface area contributed by atoms with E-state index < -0.39 is 0 Å². The summed E-state index contributed by atoms with van der Waals surface area (Å²) in [5.41, 5.74) is 3.70. The molecule has 1 N–H and O–H groups in total. The van der Waals surface area contributed by atoms with E-state index in [0.29, 0.717) is 10.6 Å². The van der Waals surface area contributed by atoms with E-state index in [1.165, 1.54) is 6.08 Å². The van der Waals surface area contributed by atoms with Gasteiger partial charge in [-0.05, 0) is 31.5 Å². The van der Waals surface area contributed by atoms with Crippen LogP contribution in [0.15, 0.2) is 54.7 Å². The number of benzene rings is 2. The Balaban J connectivity index is 2.04. The van der Waals surface area contributed by atoms with Gasteiger partial charge in [-0.1, -0.05) is 47.5 Å². The van der Waals surface area contributed by atoms with E-state index in [2.05, 4.69) is 5.32 Å². The van der Waals surface area contributed by atoms with Crippen molar-refractivity contribution in [3.05, 3.63) is 76.5 Å². The standard InChI is InChI=1S/C17H16ClNO/c1-12-3-6-14(7-4-12)17(20)9-10-19-16-11-13(2)5-8-15(16)18/h3-11,19H,1-2H3. The molecule has 0 spiro atoms. The predicted molar refractivity (Wildman–Crippen MR) is 84.5 cm³/mol. The SMILES string of the molecule is Cc1ccc(C(=O)C=CNc2cc(C)ccc2Cl)cc1. The monoisotopic (exact) mass is 285 g/mol. The van der Waals surface area contributed by atoms with Crippen LogP contribution in [0.5, 0.6) is 0 Å². The summed E-state index contributed by atoms with van der Waals surface area (Å²) in [6.07, 6.45) is 3.12. The largest absolute Gasteiger partial charge is 0.360 e. The van der Waals surface area contributed by atoms with Gasteiger partial charge in [0, 0.05) is 17.8 Å². The van der Waals surface area contributed by atoms with Crippen LogP contribution in [0.25, 0.3) is 0 Å². The summed E-state index contributed by atoms with van der Waals surface area (Å²) in [7, 11) is 0. The molecular weight excluding hydrogens is 270 g/mol. The molecule has 2 aromatic carbocycles. The maximum atomic E-state index is 11.9. The number of rotatable bonds is 4. The molecule has 0 fully saturated rings. The van der Waals surface area contributed by atoms with Gasteiger partial charge in [-0.25, -0.2) is 0 Å². The molecule has 0 heterocycles. The molecule has 0 unspecified atom stereocenters. The van der Waals surface area contributed by atoms with E-state index in [9.17, 15) is 4.79 Å². The van der Waals surface area contributed by atoms with Crippen LogP contribution in [0.1, 0.15) is 21.5 Å². The Morgan fingerprint density at radius 1 is 1.05 bits per heavy atom. The second-order valence-corrected chi connectivity index (χ2v) is 5.10. The van der Waals surface area contributed by atoms with E-state index in [1.54, 1.807) is 6.20 Å². The molecular formula is C17H16ClNO. The minimum Gasteiger partial charge on any atom is -0.360 e. The lowest BCUT2D eigenvalue weighted by Crippen LogP contribution is -1.96. The van der Waals surface area contributed by atoms with Crippen LogP contribution < -0.4 is 5.32 Å². The fraction of sp³-hybridized carbons (Fsp3) is 0.118. The molecule has 2 aromatic rings. The lowest BCUT2D eigenvalue weighted by molar-refractivity contribution is 0.104. The van der Waals surface area contributed by atoms with Crippen molar-refractivity contribution in [3.63, 3.8) is 0 Å². The third-order valence-electron chi connectivity index (χ3n) is 2.93. The van der Waals surface area contributed by atoms with Gasteiger partial charge in [0.15, 0.2) is 5.78 Å². The Morgan fingerprint density at radius 3 is 2.40 bits per heavy atom. The van der Waals surface area contributed by atoms with Crippen LogP contribution >= 0.6 is 11.6 Å². The Morgan fingerprint density at radius 2 is 1.70 bits per heavy atom. The topological polar surface area (TPSA) is 29.1 Å². The molecule has 102 valence electrons. The average Bonchev–Trinajstić information content (AvgIpc) is 2.43. The Hall–Kier alpha value is -2.06. The van der Waals surface area contributed by atoms with E-state index in [1.807, 2.05) is 56.3 Å². The van der Waals surface area contributed by atoms with Crippen molar-refractivity contribution >= 4 is 23.1 Å². The first-order chi connectivity index (χ1) is 9.56. The van der Waals surface area contributed by atoms with Crippen LogP contribution in [0.2, 0.25) is 5.02 Å². The van der Waals surface area contributed by atoms with E-state index in [4.69, 9.17) is 11.6 Å². The third kappa shape index (κ3) is 3.72. The summed E-state index contributed by atoms with van der Waals surface area (Å²) in [6.45, 7) is 3.98. The first-order valence-electron chi connectivity index (χ1n) is 6.36. The zero-order valence-electron chi connectivity index (χ0n) is 11.5. The number of carbonyl (C=O) groups excluding carboxylic acids is 1. The molecule has 0 atom stereocenters. The summed E-state index contributed by atoms with van der Waals surface area (Å²) in [6, 6.07) is 13.2. The molecule has 0 aromatic heterocycles. The van der Waals surface area contributed by atoms with Gasteiger partial charge in [0.2, 0.25) is 0 Å². The van der Waals surface area contributed by atoms with Gasteiger partial charge >= 0.3 is 0 Å². The fourth-order valence-corrected chi connectivity index (χ4v) is 1.94. The van der Waals surface area contributed by atoms with E-state index in [0.717, 1.165) is 16.8 Å². The maximum Gasteiger partial charge on any atom is 0.187 e. The highest BCUT2D eigenvalue weighted by atomic mass is 35.5. The smallest absolute Gasteiger partial charge is 0.187 e. The minimum atomic E-state index is -0.0405. The summed E-state index contributed by atoms with van der Waals surface area (Å²) in [5.74, 6) is -0.0405. The lowest BCUT2D eigenvalue weighted by Gasteiger charge is -2.04. The zero-order chi connectivity index (χ0) is 14.5. The number of aryl methyl sites for hydroxylation is 2. The lowest BCUT2D eigenvalue weighted by atomic mass is 10.1. The minimum absolute atomic E-state index is 0.0405. The van der Waals surface area contributed by atoms with Crippen molar-refractivity contribution in [2.75, 3.05) is 5.32 Å². The normalized spacial score (nSPS) is 10.8. The van der Waals surface area contributed by atoms with E-state index in [-0.39, 0.29) is 5.78 Å². The average molecular weight is 286 g/mol. The van der Waals surface area contributed by atoms with Gasteiger partial charge < -0.3 is 5.32 Å². The summed E-state index contributed by atoms with van der Waals surface area (Å²) in [4.78, 5) is 11.9. The number of hydrogen-bond acceptors (Lipinski definition) is 2. The highest BCUT2D eigenvalue weighted by molar-refractivity contribution is 6.33. The first-order valence-corrected chi connectivity index (χ1v) is 6.74. The first kappa shape index (κ1) is 14.4. The van der Waals surface area contributed by atoms with Crippen LogP contribution in [0.3, 0.4) is 0 Å². The molecule has 3 heteroatoms. The van der Waals surface area contributed by atoms with Crippen molar-refractivity contribution < 1.29 is 4.79 Å². The molecule has 20 heavy (non-hydrogen) atoms. The van der Waals surface area contributed by atoms with E-state index >= 15 is 0 Å². The Kier molecular flexibility index (Phi) is 4.59. The number of ketones is 1. The summed E-state index contributed by atoms with van der Waals surface area (Å²) < 4.78 is 0. The number of allylic oxidation sites excluding steroid dienone is 1. The predicted octanol–water partition coefficient (Wildman–Crippen LogP) is 4.77. The molecule has 0 radical (unpaired) electrons. The Labute approximate surface area is 124 Å².